The van der Waals surface area contributed by atoms with Crippen LogP contribution < -0.4 is 9.47 Å². The molecule has 27 heavy (non-hydrogen) atoms. The lowest BCUT2D eigenvalue weighted by molar-refractivity contribution is -0.138. The van der Waals surface area contributed by atoms with Crippen LogP contribution in [-0.4, -0.2) is 28.8 Å². The van der Waals surface area contributed by atoms with E-state index in [1.54, 1.807) is 31.2 Å². The molecule has 1 heterocycles. The average Bonchev–Trinajstić information content (AvgIpc) is 2.57. The van der Waals surface area contributed by atoms with Crippen LogP contribution in [-0.2, 0) is 4.79 Å². The summed E-state index contributed by atoms with van der Waals surface area (Å²) in [6.07, 6.45) is 3.36. The zero-order chi connectivity index (χ0) is 19.4. The van der Waals surface area contributed by atoms with Gasteiger partial charge in [0.15, 0.2) is 11.6 Å². The second kappa shape index (κ2) is 8.57. The highest BCUT2D eigenvalue weighted by Crippen LogP contribution is 2.34. The fourth-order valence-corrected chi connectivity index (χ4v) is 2.99. The minimum Gasteiger partial charge on any atom is -0.489 e. The maximum Gasteiger partial charge on any atom is 0.303 e. The number of pyridine rings is 1. The van der Waals surface area contributed by atoms with E-state index in [4.69, 9.17) is 26.2 Å². The van der Waals surface area contributed by atoms with Gasteiger partial charge in [0.25, 0.3) is 0 Å². The molecule has 0 saturated heterocycles. The predicted molar refractivity (Wildman–Crippen MR) is 99.8 cm³/mol. The first-order valence-corrected chi connectivity index (χ1v) is 9.28. The number of nitrogens with zero attached hydrogens (tertiary/aromatic N) is 1. The lowest BCUT2D eigenvalue weighted by Crippen LogP contribution is -2.24. The van der Waals surface area contributed by atoms with E-state index < -0.39 is 11.8 Å². The molecule has 1 saturated carbocycles. The summed E-state index contributed by atoms with van der Waals surface area (Å²) in [4.78, 5) is 15.1. The van der Waals surface area contributed by atoms with Gasteiger partial charge in [-0.2, -0.15) is 0 Å². The Kier molecular flexibility index (Phi) is 6.16. The molecule has 0 aliphatic heterocycles. The molecule has 1 aromatic heterocycles. The Hall–Kier alpha value is -2.34. The van der Waals surface area contributed by atoms with E-state index in [1.165, 1.54) is 6.07 Å². The fraction of sp³-hybridized carbons (Fsp3) is 0.400. The zero-order valence-corrected chi connectivity index (χ0v) is 15.7. The maximum absolute atomic E-state index is 14.5. The molecule has 0 bridgehead atoms. The molecule has 7 heteroatoms. The van der Waals surface area contributed by atoms with Crippen LogP contribution in [0.5, 0.6) is 11.6 Å². The minimum atomic E-state index is -0.928. The van der Waals surface area contributed by atoms with Crippen LogP contribution in [0, 0.1) is 11.7 Å². The highest BCUT2D eigenvalue weighted by molar-refractivity contribution is 6.32. The Bertz CT molecular complexity index is 802. The van der Waals surface area contributed by atoms with Crippen molar-refractivity contribution in [3.63, 3.8) is 0 Å². The fourth-order valence-electron chi connectivity index (χ4n) is 2.73. The molecule has 5 nitrogen and oxygen atoms in total. The molecule has 1 aliphatic rings. The van der Waals surface area contributed by atoms with Crippen LogP contribution >= 0.6 is 11.6 Å². The molecule has 1 N–H and O–H groups in total. The van der Waals surface area contributed by atoms with Crippen molar-refractivity contribution in [2.45, 2.75) is 38.7 Å². The Balaban J connectivity index is 1.74. The lowest BCUT2D eigenvalue weighted by Gasteiger charge is -2.25. The number of aromatic nitrogens is 1. The molecule has 2 aromatic rings. The first-order chi connectivity index (χ1) is 12.9. The van der Waals surface area contributed by atoms with Gasteiger partial charge in [-0.25, -0.2) is 9.37 Å². The summed E-state index contributed by atoms with van der Waals surface area (Å²) in [5, 5.41) is 8.89. The molecule has 1 aromatic carbocycles. The summed E-state index contributed by atoms with van der Waals surface area (Å²) >= 11 is 6.19. The monoisotopic (exact) mass is 393 g/mol. The highest BCUT2D eigenvalue weighted by Gasteiger charge is 2.20. The van der Waals surface area contributed by atoms with E-state index in [2.05, 4.69) is 4.98 Å². The van der Waals surface area contributed by atoms with Gasteiger partial charge in [0.05, 0.1) is 23.7 Å². The number of carboxylic acid groups (broad SMARTS) is 1. The number of aliphatic carboxylic acids is 1. The molecule has 3 rings (SSSR count). The largest absolute Gasteiger partial charge is 0.489 e. The van der Waals surface area contributed by atoms with Crippen molar-refractivity contribution in [2.24, 2.45) is 5.92 Å². The van der Waals surface area contributed by atoms with Crippen molar-refractivity contribution >= 4 is 17.6 Å². The third-order valence-corrected chi connectivity index (χ3v) is 4.67. The Labute approximate surface area is 162 Å². The van der Waals surface area contributed by atoms with Crippen molar-refractivity contribution in [3.05, 3.63) is 41.2 Å². The van der Waals surface area contributed by atoms with Crippen molar-refractivity contribution in [1.29, 1.82) is 0 Å². The molecule has 1 aliphatic carbocycles. The van der Waals surface area contributed by atoms with Gasteiger partial charge in [-0.15, -0.1) is 0 Å². The van der Waals surface area contributed by atoms with E-state index >= 15 is 0 Å². The van der Waals surface area contributed by atoms with Gasteiger partial charge >= 0.3 is 5.97 Å². The number of hydrogen-bond acceptors (Lipinski definition) is 4. The van der Waals surface area contributed by atoms with Crippen LogP contribution in [0.2, 0.25) is 5.02 Å². The maximum atomic E-state index is 14.5. The topological polar surface area (TPSA) is 68.7 Å². The average molecular weight is 394 g/mol. The van der Waals surface area contributed by atoms with Gasteiger partial charge in [0.1, 0.15) is 6.10 Å². The van der Waals surface area contributed by atoms with Crippen LogP contribution in [0.1, 0.15) is 32.6 Å². The summed E-state index contributed by atoms with van der Waals surface area (Å²) in [6.45, 7) is 1.77. The smallest absolute Gasteiger partial charge is 0.303 e. The standard InChI is InChI=1S/C20H21ClFNO4/c1-12(8-19(24)25)11-26-20-15(21)9-13(10-16(20)22)17-6-3-7-18(23-17)27-14-4-2-5-14/h3,6-7,9-10,12,14H,2,4-5,8,11H2,1H3,(H,24,25). The van der Waals surface area contributed by atoms with Crippen molar-refractivity contribution in [2.75, 3.05) is 6.61 Å². The van der Waals surface area contributed by atoms with E-state index in [-0.39, 0.29) is 35.8 Å². The Morgan fingerprint density at radius 2 is 2.19 bits per heavy atom. The van der Waals surface area contributed by atoms with E-state index in [0.717, 1.165) is 19.3 Å². The van der Waals surface area contributed by atoms with E-state index in [9.17, 15) is 9.18 Å². The van der Waals surface area contributed by atoms with Crippen LogP contribution in [0.15, 0.2) is 30.3 Å². The molecular formula is C20H21ClFNO4. The van der Waals surface area contributed by atoms with Crippen LogP contribution in [0.25, 0.3) is 11.3 Å². The normalized spacial score (nSPS) is 15.1. The van der Waals surface area contributed by atoms with Crippen molar-refractivity contribution < 1.29 is 23.8 Å². The summed E-state index contributed by atoms with van der Waals surface area (Å²) in [6, 6.07) is 8.23. The first-order valence-electron chi connectivity index (χ1n) is 8.90. The molecule has 0 radical (unpaired) electrons. The van der Waals surface area contributed by atoms with Gasteiger partial charge in [0, 0.05) is 17.5 Å². The quantitative estimate of drug-likeness (QED) is 0.686. The second-order valence-electron chi connectivity index (χ2n) is 6.81. The number of hydrogen-bond donors (Lipinski definition) is 1. The predicted octanol–water partition coefficient (Wildman–Crippen LogP) is 4.96. The zero-order valence-electron chi connectivity index (χ0n) is 15.0. The third kappa shape index (κ3) is 5.10. The summed E-state index contributed by atoms with van der Waals surface area (Å²) in [7, 11) is 0. The van der Waals surface area contributed by atoms with Crippen molar-refractivity contribution in [3.8, 4) is 22.9 Å². The molecule has 1 atom stereocenters. The van der Waals surface area contributed by atoms with Crippen LogP contribution in [0.4, 0.5) is 4.39 Å². The number of rotatable bonds is 8. The number of halogens is 2. The molecule has 1 fully saturated rings. The number of benzene rings is 1. The van der Waals surface area contributed by atoms with Crippen molar-refractivity contribution in [1.82, 2.24) is 4.98 Å². The van der Waals surface area contributed by atoms with Gasteiger partial charge < -0.3 is 14.6 Å². The summed E-state index contributed by atoms with van der Waals surface area (Å²) in [5.74, 6) is -1.38. The van der Waals surface area contributed by atoms with Gasteiger partial charge in [0.2, 0.25) is 5.88 Å². The Morgan fingerprint density at radius 3 is 2.81 bits per heavy atom. The third-order valence-electron chi connectivity index (χ3n) is 4.39. The minimum absolute atomic E-state index is 0.0605. The Morgan fingerprint density at radius 1 is 1.41 bits per heavy atom. The van der Waals surface area contributed by atoms with E-state index in [0.29, 0.717) is 17.1 Å². The van der Waals surface area contributed by atoms with Crippen LogP contribution in [0.3, 0.4) is 0 Å². The summed E-state index contributed by atoms with van der Waals surface area (Å²) in [5.41, 5.74) is 1.07. The number of carbonyl (C=O) groups is 1. The van der Waals surface area contributed by atoms with Gasteiger partial charge in [-0.3, -0.25) is 4.79 Å². The molecule has 0 spiro atoms. The second-order valence-corrected chi connectivity index (χ2v) is 7.22. The SMILES string of the molecule is CC(COc1c(F)cc(-c2cccc(OC3CCC3)n2)cc1Cl)CC(=O)O. The van der Waals surface area contributed by atoms with Gasteiger partial charge in [-0.1, -0.05) is 24.6 Å². The molecule has 144 valence electrons. The molecular weight excluding hydrogens is 373 g/mol. The van der Waals surface area contributed by atoms with E-state index in [1.807, 2.05) is 0 Å². The molecule has 1 unspecified atom stereocenters. The number of carboxylic acids is 1. The highest BCUT2D eigenvalue weighted by atomic mass is 35.5. The summed E-state index contributed by atoms with van der Waals surface area (Å²) < 4.78 is 25.7. The lowest BCUT2D eigenvalue weighted by atomic mass is 9.96. The number of ether oxygens (including phenoxy) is 2. The van der Waals surface area contributed by atoms with Gasteiger partial charge in [-0.05, 0) is 37.5 Å². The molecule has 0 amide bonds. The first kappa shape index (κ1) is 19.4.